The fraction of sp³-hybridized carbons (Fsp3) is 0.500. The Morgan fingerprint density at radius 2 is 1.58 bits per heavy atom. The van der Waals surface area contributed by atoms with E-state index in [9.17, 15) is 21.6 Å². The van der Waals surface area contributed by atoms with Crippen LogP contribution >= 0.6 is 0 Å². The molecule has 0 spiro atoms. The third kappa shape index (κ3) is 4.83. The summed E-state index contributed by atoms with van der Waals surface area (Å²) in [6.07, 6.45) is 0.849. The lowest BCUT2D eigenvalue weighted by Gasteiger charge is -2.09. The van der Waals surface area contributed by atoms with Crippen molar-refractivity contribution in [3.63, 3.8) is 0 Å². The summed E-state index contributed by atoms with van der Waals surface area (Å²) in [5.41, 5.74) is -3.97. The minimum absolute atomic E-state index is 0.375. The molecule has 0 atom stereocenters. The van der Waals surface area contributed by atoms with Gasteiger partial charge in [-0.3, -0.25) is 4.18 Å². The molecule has 0 saturated heterocycles. The monoisotopic (exact) mass is 296 g/mol. The van der Waals surface area contributed by atoms with Gasteiger partial charge in [0, 0.05) is 0 Å². The fourth-order valence-corrected chi connectivity index (χ4v) is 1.88. The molecule has 0 aliphatic carbocycles. The van der Waals surface area contributed by atoms with Gasteiger partial charge in [-0.25, -0.2) is 0 Å². The molecule has 1 aromatic rings. The summed E-state index contributed by atoms with van der Waals surface area (Å²) in [6, 6.07) is 6.62. The lowest BCUT2D eigenvalue weighted by atomic mass is 10.0. The summed E-state index contributed by atoms with van der Waals surface area (Å²) < 4.78 is 61.4. The summed E-state index contributed by atoms with van der Waals surface area (Å²) in [5, 5.41) is 0. The zero-order valence-corrected chi connectivity index (χ0v) is 11.4. The van der Waals surface area contributed by atoms with E-state index in [1.807, 2.05) is 13.8 Å². The number of benzene rings is 1. The molecule has 0 fully saturated rings. The van der Waals surface area contributed by atoms with Crippen LogP contribution in [0.25, 0.3) is 0 Å². The van der Waals surface area contributed by atoms with Gasteiger partial charge in [-0.2, -0.15) is 21.6 Å². The van der Waals surface area contributed by atoms with Crippen molar-refractivity contribution in [3.05, 3.63) is 35.4 Å². The van der Waals surface area contributed by atoms with Gasteiger partial charge in [0.2, 0.25) is 0 Å². The van der Waals surface area contributed by atoms with E-state index in [0.29, 0.717) is 11.5 Å². The van der Waals surface area contributed by atoms with Gasteiger partial charge in [-0.1, -0.05) is 38.1 Å². The second-order valence-corrected chi connectivity index (χ2v) is 6.18. The van der Waals surface area contributed by atoms with Crippen LogP contribution in [0.1, 0.15) is 25.0 Å². The van der Waals surface area contributed by atoms with Crippen LogP contribution in [0, 0.1) is 5.92 Å². The number of halogens is 3. The van der Waals surface area contributed by atoms with Gasteiger partial charge in [0.15, 0.2) is 0 Å². The molecule has 0 radical (unpaired) electrons. The van der Waals surface area contributed by atoms with Crippen molar-refractivity contribution in [2.75, 3.05) is 0 Å². The van der Waals surface area contributed by atoms with Gasteiger partial charge >= 0.3 is 15.6 Å². The number of alkyl halides is 3. The Kier molecular flexibility index (Phi) is 4.98. The van der Waals surface area contributed by atoms with Crippen LogP contribution < -0.4 is 0 Å². The minimum Gasteiger partial charge on any atom is -0.258 e. The third-order valence-corrected chi connectivity index (χ3v) is 3.33. The van der Waals surface area contributed by atoms with Crippen LogP contribution in [-0.2, 0) is 27.3 Å². The van der Waals surface area contributed by atoms with Gasteiger partial charge in [-0.15, -0.1) is 0 Å². The molecule has 3 nitrogen and oxygen atoms in total. The highest BCUT2D eigenvalue weighted by Crippen LogP contribution is 2.25. The molecule has 0 heterocycles. The Bertz CT molecular complexity index is 504. The maximum atomic E-state index is 12.0. The molecule has 0 N–H and O–H groups in total. The molecular weight excluding hydrogens is 281 g/mol. The van der Waals surface area contributed by atoms with Crippen LogP contribution in [0.15, 0.2) is 24.3 Å². The maximum absolute atomic E-state index is 12.0. The number of rotatable bonds is 5. The lowest BCUT2D eigenvalue weighted by molar-refractivity contribution is -0.0547. The average molecular weight is 296 g/mol. The smallest absolute Gasteiger partial charge is 0.258 e. The Balaban J connectivity index is 2.65. The van der Waals surface area contributed by atoms with Crippen molar-refractivity contribution in [3.8, 4) is 0 Å². The second kappa shape index (κ2) is 5.92. The van der Waals surface area contributed by atoms with Gasteiger partial charge in [0.05, 0.1) is 6.61 Å². The molecule has 0 bridgehead atoms. The number of hydrogen-bond donors (Lipinski definition) is 0. The van der Waals surface area contributed by atoms with E-state index in [-0.39, 0.29) is 0 Å². The van der Waals surface area contributed by atoms with Crippen LogP contribution in [-0.4, -0.2) is 13.9 Å². The Labute approximate surface area is 110 Å². The topological polar surface area (TPSA) is 43.4 Å². The van der Waals surface area contributed by atoms with Crippen molar-refractivity contribution < 1.29 is 25.8 Å². The minimum atomic E-state index is -5.53. The first-order chi connectivity index (χ1) is 8.62. The average Bonchev–Trinajstić information content (AvgIpc) is 2.26. The highest BCUT2D eigenvalue weighted by atomic mass is 32.2. The molecule has 0 amide bonds. The van der Waals surface area contributed by atoms with E-state index in [0.717, 1.165) is 12.0 Å². The standard InChI is InChI=1S/C12H15F3O3S/c1-9(2)7-10-3-5-11(6-4-10)8-18-19(16,17)12(13,14)15/h3-6,9H,7-8H2,1-2H3. The quantitative estimate of drug-likeness (QED) is 0.619. The van der Waals surface area contributed by atoms with E-state index in [1.165, 1.54) is 0 Å². The van der Waals surface area contributed by atoms with Gasteiger partial charge in [-0.05, 0) is 23.5 Å². The molecule has 0 aliphatic heterocycles. The molecular formula is C12H15F3O3S. The zero-order valence-electron chi connectivity index (χ0n) is 10.6. The second-order valence-electron chi connectivity index (χ2n) is 4.58. The Morgan fingerprint density at radius 1 is 1.11 bits per heavy atom. The van der Waals surface area contributed by atoms with E-state index in [2.05, 4.69) is 4.18 Å². The normalized spacial score (nSPS) is 12.9. The summed E-state index contributed by atoms with van der Waals surface area (Å²) in [6.45, 7) is 3.48. The van der Waals surface area contributed by atoms with E-state index in [1.54, 1.807) is 24.3 Å². The van der Waals surface area contributed by atoms with Crippen LogP contribution in [0.5, 0.6) is 0 Å². The molecule has 0 aromatic heterocycles. The summed E-state index contributed by atoms with van der Waals surface area (Å²) >= 11 is 0. The van der Waals surface area contributed by atoms with Crippen molar-refractivity contribution in [2.45, 2.75) is 32.4 Å². The predicted molar refractivity (Wildman–Crippen MR) is 64.7 cm³/mol. The fourth-order valence-electron chi connectivity index (χ4n) is 1.46. The first kappa shape index (κ1) is 16.0. The molecule has 1 rings (SSSR count). The Hall–Kier alpha value is -1.08. The van der Waals surface area contributed by atoms with Crippen LogP contribution in [0.4, 0.5) is 13.2 Å². The third-order valence-electron chi connectivity index (χ3n) is 2.33. The maximum Gasteiger partial charge on any atom is 0.523 e. The van der Waals surface area contributed by atoms with E-state index in [4.69, 9.17) is 0 Å². The Morgan fingerprint density at radius 3 is 2.00 bits per heavy atom. The van der Waals surface area contributed by atoms with Crippen molar-refractivity contribution in [1.29, 1.82) is 0 Å². The first-order valence-electron chi connectivity index (χ1n) is 5.65. The first-order valence-corrected chi connectivity index (χ1v) is 7.06. The predicted octanol–water partition coefficient (Wildman–Crippen LogP) is 3.25. The summed E-state index contributed by atoms with van der Waals surface area (Å²) in [7, 11) is -5.53. The van der Waals surface area contributed by atoms with Crippen LogP contribution in [0.2, 0.25) is 0 Å². The molecule has 1 aromatic carbocycles. The highest BCUT2D eigenvalue weighted by molar-refractivity contribution is 7.87. The molecule has 7 heteroatoms. The van der Waals surface area contributed by atoms with Crippen molar-refractivity contribution in [2.24, 2.45) is 5.92 Å². The zero-order chi connectivity index (χ0) is 14.7. The molecule has 0 saturated carbocycles. The lowest BCUT2D eigenvalue weighted by Crippen LogP contribution is -2.25. The number of hydrogen-bond acceptors (Lipinski definition) is 3. The van der Waals surface area contributed by atoms with Crippen LogP contribution in [0.3, 0.4) is 0 Å². The van der Waals surface area contributed by atoms with E-state index >= 15 is 0 Å². The van der Waals surface area contributed by atoms with Crippen molar-refractivity contribution >= 4 is 10.1 Å². The van der Waals surface area contributed by atoms with Gasteiger partial charge < -0.3 is 0 Å². The van der Waals surface area contributed by atoms with E-state index < -0.39 is 22.2 Å². The van der Waals surface area contributed by atoms with Gasteiger partial charge in [0.25, 0.3) is 0 Å². The highest BCUT2D eigenvalue weighted by Gasteiger charge is 2.47. The van der Waals surface area contributed by atoms with Gasteiger partial charge in [0.1, 0.15) is 0 Å². The summed E-state index contributed by atoms with van der Waals surface area (Å²) in [4.78, 5) is 0. The van der Waals surface area contributed by atoms with Crippen molar-refractivity contribution in [1.82, 2.24) is 0 Å². The molecule has 0 aliphatic rings. The molecule has 108 valence electrons. The SMILES string of the molecule is CC(C)Cc1ccc(COS(=O)(=O)C(F)(F)F)cc1. The largest absolute Gasteiger partial charge is 0.523 e. The molecule has 0 unspecified atom stereocenters. The molecule has 19 heavy (non-hydrogen) atoms. The summed E-state index contributed by atoms with van der Waals surface area (Å²) in [5.74, 6) is 0.465.